The summed E-state index contributed by atoms with van der Waals surface area (Å²) in [5, 5.41) is 0. The minimum Gasteiger partial charge on any atom is -0.332 e. The Hall–Kier alpha value is -2.23. The van der Waals surface area contributed by atoms with Gasteiger partial charge in [0.1, 0.15) is 5.82 Å². The molecular weight excluding hydrogens is 310 g/mol. The summed E-state index contributed by atoms with van der Waals surface area (Å²) >= 11 is 0. The minimum atomic E-state index is 0.241. The first-order valence-corrected chi connectivity index (χ1v) is 9.29. The summed E-state index contributed by atoms with van der Waals surface area (Å²) < 4.78 is 0. The van der Waals surface area contributed by atoms with Gasteiger partial charge in [-0.25, -0.2) is 9.97 Å². The molecule has 0 N–H and O–H groups in total. The van der Waals surface area contributed by atoms with Gasteiger partial charge in [-0.15, -0.1) is 0 Å². The second kappa shape index (κ2) is 6.58. The fourth-order valence-electron chi connectivity index (χ4n) is 4.03. The van der Waals surface area contributed by atoms with Crippen LogP contribution in [0, 0.1) is 5.92 Å². The predicted octanol–water partition coefficient (Wildman–Crippen LogP) is 3.64. The number of hydrogen-bond donors (Lipinski definition) is 0. The largest absolute Gasteiger partial charge is 0.332 e. The Morgan fingerprint density at radius 1 is 1.24 bits per heavy atom. The van der Waals surface area contributed by atoms with Gasteiger partial charge in [-0.3, -0.25) is 4.79 Å². The van der Waals surface area contributed by atoms with E-state index in [1.807, 2.05) is 11.1 Å². The maximum Gasteiger partial charge on any atom is 0.223 e. The van der Waals surface area contributed by atoms with Crippen LogP contribution in [0.3, 0.4) is 0 Å². The van der Waals surface area contributed by atoms with Crippen molar-refractivity contribution >= 4 is 5.91 Å². The molecule has 1 atom stereocenters. The fraction of sp³-hybridized carbons (Fsp3) is 0.476. The van der Waals surface area contributed by atoms with Crippen molar-refractivity contribution in [1.82, 2.24) is 14.9 Å². The molecule has 4 rings (SSSR count). The number of benzene rings is 1. The van der Waals surface area contributed by atoms with Gasteiger partial charge in [0.2, 0.25) is 5.91 Å². The molecule has 4 heteroatoms. The number of fused-ring (bicyclic) bond motifs is 2. The van der Waals surface area contributed by atoms with Crippen molar-refractivity contribution < 1.29 is 4.79 Å². The summed E-state index contributed by atoms with van der Waals surface area (Å²) in [6.45, 7) is 5.64. The van der Waals surface area contributed by atoms with Crippen molar-refractivity contribution in [2.45, 2.75) is 58.5 Å². The van der Waals surface area contributed by atoms with Crippen LogP contribution in [0.2, 0.25) is 0 Å². The zero-order valence-corrected chi connectivity index (χ0v) is 15.0. The van der Waals surface area contributed by atoms with Crippen molar-refractivity contribution in [3.05, 3.63) is 58.7 Å². The summed E-state index contributed by atoms with van der Waals surface area (Å²) in [6.07, 6.45) is 5.60. The number of aromatic nitrogens is 2. The number of hydrogen-bond acceptors (Lipinski definition) is 3. The highest BCUT2D eigenvalue weighted by atomic mass is 16.2. The molecule has 2 aromatic rings. The van der Waals surface area contributed by atoms with Gasteiger partial charge in [0.25, 0.3) is 0 Å². The fourth-order valence-corrected chi connectivity index (χ4v) is 4.03. The average Bonchev–Trinajstić information content (AvgIpc) is 3.18. The molecule has 0 bridgehead atoms. The second-order valence-electron chi connectivity index (χ2n) is 7.74. The molecule has 1 aromatic carbocycles. The number of aryl methyl sites for hydroxylation is 1. The van der Waals surface area contributed by atoms with Gasteiger partial charge in [0.05, 0.1) is 12.2 Å². The van der Waals surface area contributed by atoms with Gasteiger partial charge >= 0.3 is 0 Å². The molecule has 1 amide bonds. The molecule has 1 aromatic heterocycles. The van der Waals surface area contributed by atoms with Crippen LogP contribution in [0.25, 0.3) is 0 Å². The number of carbonyl (C=O) groups excluding carboxylic acids is 1. The smallest absolute Gasteiger partial charge is 0.223 e. The van der Waals surface area contributed by atoms with E-state index in [4.69, 9.17) is 0 Å². The Labute approximate surface area is 149 Å². The van der Waals surface area contributed by atoms with Gasteiger partial charge in [0, 0.05) is 31.1 Å². The molecule has 1 aliphatic heterocycles. The molecule has 0 saturated heterocycles. The van der Waals surface area contributed by atoms with Crippen molar-refractivity contribution in [3.63, 3.8) is 0 Å². The summed E-state index contributed by atoms with van der Waals surface area (Å²) in [5.41, 5.74) is 4.92. The van der Waals surface area contributed by atoms with E-state index >= 15 is 0 Å². The Bertz CT molecular complexity index is 799. The lowest BCUT2D eigenvalue weighted by Crippen LogP contribution is -2.26. The van der Waals surface area contributed by atoms with E-state index in [0.717, 1.165) is 36.3 Å². The monoisotopic (exact) mass is 335 g/mol. The Morgan fingerprint density at radius 3 is 2.92 bits per heavy atom. The van der Waals surface area contributed by atoms with Crippen molar-refractivity contribution in [2.75, 3.05) is 0 Å². The first-order valence-electron chi connectivity index (χ1n) is 9.29. The molecule has 4 nitrogen and oxygen atoms in total. The Balaban J connectivity index is 1.42. The second-order valence-corrected chi connectivity index (χ2v) is 7.74. The topological polar surface area (TPSA) is 46.1 Å². The van der Waals surface area contributed by atoms with Crippen molar-refractivity contribution in [1.29, 1.82) is 0 Å². The lowest BCUT2D eigenvalue weighted by atomic mass is 9.97. The third-order valence-corrected chi connectivity index (χ3v) is 5.33. The summed E-state index contributed by atoms with van der Waals surface area (Å²) in [7, 11) is 0. The lowest BCUT2D eigenvalue weighted by Gasteiger charge is -2.18. The van der Waals surface area contributed by atoms with E-state index < -0.39 is 0 Å². The first-order chi connectivity index (χ1) is 12.1. The minimum absolute atomic E-state index is 0.241. The van der Waals surface area contributed by atoms with Gasteiger partial charge in [0.15, 0.2) is 0 Å². The van der Waals surface area contributed by atoms with E-state index in [1.54, 1.807) is 0 Å². The maximum atomic E-state index is 12.8. The molecule has 1 aliphatic carbocycles. The summed E-state index contributed by atoms with van der Waals surface area (Å²) in [4.78, 5) is 23.9. The molecule has 0 saturated carbocycles. The zero-order chi connectivity index (χ0) is 17.4. The van der Waals surface area contributed by atoms with Gasteiger partial charge < -0.3 is 4.90 Å². The molecule has 2 aliphatic rings. The molecule has 0 unspecified atom stereocenters. The van der Waals surface area contributed by atoms with E-state index in [1.165, 1.54) is 11.1 Å². The summed E-state index contributed by atoms with van der Waals surface area (Å²) in [6, 6.07) is 8.55. The molecular formula is C21H25N3O. The Kier molecular flexibility index (Phi) is 4.28. The van der Waals surface area contributed by atoms with Gasteiger partial charge in [-0.2, -0.15) is 0 Å². The van der Waals surface area contributed by atoms with Crippen LogP contribution >= 0.6 is 0 Å². The zero-order valence-electron chi connectivity index (χ0n) is 15.0. The molecule has 130 valence electrons. The van der Waals surface area contributed by atoms with Crippen LogP contribution in [0.15, 0.2) is 30.5 Å². The van der Waals surface area contributed by atoms with Crippen LogP contribution in [-0.2, 0) is 30.7 Å². The molecule has 2 heterocycles. The van der Waals surface area contributed by atoms with E-state index in [0.29, 0.717) is 31.3 Å². The van der Waals surface area contributed by atoms with Gasteiger partial charge in [-0.1, -0.05) is 38.1 Å². The average molecular weight is 335 g/mol. The molecule has 25 heavy (non-hydrogen) atoms. The molecule has 0 radical (unpaired) electrons. The third kappa shape index (κ3) is 3.30. The predicted molar refractivity (Wildman–Crippen MR) is 96.9 cm³/mol. The quantitative estimate of drug-likeness (QED) is 0.857. The molecule has 0 fully saturated rings. The van der Waals surface area contributed by atoms with Crippen LogP contribution in [0.5, 0.6) is 0 Å². The van der Waals surface area contributed by atoms with Crippen molar-refractivity contribution in [3.8, 4) is 0 Å². The van der Waals surface area contributed by atoms with Gasteiger partial charge in [-0.05, 0) is 35.8 Å². The molecule has 0 spiro atoms. The van der Waals surface area contributed by atoms with Crippen molar-refractivity contribution in [2.24, 2.45) is 5.92 Å². The number of carbonyl (C=O) groups is 1. The van der Waals surface area contributed by atoms with E-state index in [-0.39, 0.29) is 5.91 Å². The standard InChI is InChI=1S/C21H25N3O/c1-14(2)9-20-22-11-17-12-24(13-19(17)23-20)21(25)10-16-8-7-15-5-3-4-6-18(15)16/h3-6,11,14,16H,7-10,12-13H2,1-2H3/t16-/m1/s1. The highest BCUT2D eigenvalue weighted by Crippen LogP contribution is 2.36. The third-order valence-electron chi connectivity index (χ3n) is 5.33. The van der Waals surface area contributed by atoms with Crippen LogP contribution in [0.4, 0.5) is 0 Å². The van der Waals surface area contributed by atoms with E-state index in [2.05, 4.69) is 48.1 Å². The number of amides is 1. The highest BCUT2D eigenvalue weighted by molar-refractivity contribution is 5.78. The first kappa shape index (κ1) is 16.2. The van der Waals surface area contributed by atoms with E-state index in [9.17, 15) is 4.79 Å². The lowest BCUT2D eigenvalue weighted by molar-refractivity contribution is -0.132. The maximum absolute atomic E-state index is 12.8. The van der Waals surface area contributed by atoms with Crippen LogP contribution in [-0.4, -0.2) is 20.8 Å². The SMILES string of the molecule is CC(C)Cc1ncc2c(n1)CN(C(=O)C[C@H]1CCc3ccccc31)C2. The highest BCUT2D eigenvalue weighted by Gasteiger charge is 2.30. The number of rotatable bonds is 4. The van der Waals surface area contributed by atoms with Crippen LogP contribution in [0.1, 0.15) is 60.8 Å². The number of nitrogens with zero attached hydrogens (tertiary/aromatic N) is 3. The normalized spacial score (nSPS) is 18.5. The summed E-state index contributed by atoms with van der Waals surface area (Å²) in [5.74, 6) is 2.05. The Morgan fingerprint density at radius 2 is 2.08 bits per heavy atom. The van der Waals surface area contributed by atoms with Crippen LogP contribution < -0.4 is 0 Å².